The summed E-state index contributed by atoms with van der Waals surface area (Å²) in [6.07, 6.45) is 0. The Morgan fingerprint density at radius 2 is 1.76 bits per heavy atom. The van der Waals surface area contributed by atoms with Crippen molar-refractivity contribution in [3.8, 4) is 0 Å². The van der Waals surface area contributed by atoms with Crippen molar-refractivity contribution in [2.24, 2.45) is 4.99 Å². The lowest BCUT2D eigenvalue weighted by molar-refractivity contribution is -0.809. The van der Waals surface area contributed by atoms with Gasteiger partial charge in [0.1, 0.15) is 0 Å². The number of aliphatic imine (C=N–C) groups is 1. The van der Waals surface area contributed by atoms with Crippen molar-refractivity contribution in [2.75, 3.05) is 0 Å². The Morgan fingerprint density at radius 3 is 2.40 bits per heavy atom. The Balaban J connectivity index is 1.89. The highest BCUT2D eigenvalue weighted by Crippen LogP contribution is 2.30. The van der Waals surface area contributed by atoms with Crippen LogP contribution in [-0.4, -0.2) is 11.2 Å². The Kier molecular flexibility index (Phi) is 5.50. The highest BCUT2D eigenvalue weighted by atomic mass is 32.2. The largest absolute Gasteiger partial charge is 0.858 e. The molecule has 0 spiro atoms. The van der Waals surface area contributed by atoms with E-state index in [1.807, 2.05) is 50.2 Å². The van der Waals surface area contributed by atoms with E-state index in [2.05, 4.69) is 22.4 Å². The molecule has 128 valence electrons. The van der Waals surface area contributed by atoms with Gasteiger partial charge in [-0.05, 0) is 33.5 Å². The van der Waals surface area contributed by atoms with Crippen LogP contribution < -0.4 is 9.79 Å². The average Bonchev–Trinajstić information content (AvgIpc) is 3.04. The molecule has 1 heterocycles. The van der Waals surface area contributed by atoms with Gasteiger partial charge in [0.25, 0.3) is 0 Å². The highest BCUT2D eigenvalue weighted by molar-refractivity contribution is 7.98. The molecule has 3 rings (SSSR count). The SMILES string of the molecule is CC(C)[n+]1noc(/N=C(\[O-])c2ccccc2)c1SCc1ccccc1. The molecule has 0 atom stereocenters. The van der Waals surface area contributed by atoms with Crippen LogP contribution in [0.1, 0.15) is 31.0 Å². The topological polar surface area (TPSA) is 65.3 Å². The van der Waals surface area contributed by atoms with Gasteiger partial charge < -0.3 is 5.11 Å². The molecular formula is C19H19N3O2S. The summed E-state index contributed by atoms with van der Waals surface area (Å²) < 4.78 is 7.10. The molecule has 25 heavy (non-hydrogen) atoms. The monoisotopic (exact) mass is 353 g/mol. The number of hydrogen-bond donors (Lipinski definition) is 0. The first-order valence-corrected chi connectivity index (χ1v) is 9.03. The Morgan fingerprint density at radius 1 is 1.12 bits per heavy atom. The third kappa shape index (κ3) is 4.28. The first-order chi connectivity index (χ1) is 12.1. The fourth-order valence-electron chi connectivity index (χ4n) is 2.25. The van der Waals surface area contributed by atoms with Gasteiger partial charge in [-0.2, -0.15) is 0 Å². The zero-order valence-corrected chi connectivity index (χ0v) is 14.9. The molecule has 0 unspecified atom stereocenters. The van der Waals surface area contributed by atoms with Gasteiger partial charge in [0.2, 0.25) is 5.27 Å². The third-order valence-corrected chi connectivity index (χ3v) is 4.65. The molecule has 2 aromatic carbocycles. The van der Waals surface area contributed by atoms with Crippen molar-refractivity contribution in [3.63, 3.8) is 0 Å². The molecule has 0 bridgehead atoms. The fraction of sp³-hybridized carbons (Fsp3) is 0.211. The van der Waals surface area contributed by atoms with Crippen LogP contribution in [0.2, 0.25) is 0 Å². The molecule has 0 saturated heterocycles. The number of rotatable bonds is 6. The van der Waals surface area contributed by atoms with Crippen LogP contribution in [0.4, 0.5) is 5.88 Å². The van der Waals surface area contributed by atoms with Crippen LogP contribution in [0.3, 0.4) is 0 Å². The summed E-state index contributed by atoms with van der Waals surface area (Å²) in [5.41, 5.74) is 1.71. The quantitative estimate of drug-likeness (QED) is 0.295. The van der Waals surface area contributed by atoms with Gasteiger partial charge >= 0.3 is 10.9 Å². The zero-order chi connectivity index (χ0) is 17.6. The predicted molar refractivity (Wildman–Crippen MR) is 95.7 cm³/mol. The molecule has 0 saturated carbocycles. The van der Waals surface area contributed by atoms with E-state index in [-0.39, 0.29) is 17.8 Å². The number of thioether (sulfide) groups is 1. The van der Waals surface area contributed by atoms with E-state index in [0.717, 1.165) is 10.8 Å². The van der Waals surface area contributed by atoms with Crippen LogP contribution in [0.25, 0.3) is 0 Å². The fourth-order valence-corrected chi connectivity index (χ4v) is 3.32. The first-order valence-electron chi connectivity index (χ1n) is 8.04. The van der Waals surface area contributed by atoms with Crippen LogP contribution in [0, 0.1) is 0 Å². The molecular weight excluding hydrogens is 334 g/mol. The van der Waals surface area contributed by atoms with E-state index in [9.17, 15) is 5.11 Å². The summed E-state index contributed by atoms with van der Waals surface area (Å²) in [4.78, 5) is 4.13. The van der Waals surface area contributed by atoms with E-state index in [1.165, 1.54) is 5.56 Å². The van der Waals surface area contributed by atoms with Crippen molar-refractivity contribution in [2.45, 2.75) is 30.7 Å². The molecule has 0 aliphatic carbocycles. The summed E-state index contributed by atoms with van der Waals surface area (Å²) in [5.74, 6) is 0.661. The second-order valence-corrected chi connectivity index (χ2v) is 6.74. The lowest BCUT2D eigenvalue weighted by atomic mass is 10.2. The highest BCUT2D eigenvalue weighted by Gasteiger charge is 2.27. The maximum Gasteiger partial charge on any atom is 0.335 e. The zero-order valence-electron chi connectivity index (χ0n) is 14.1. The van der Waals surface area contributed by atoms with E-state index < -0.39 is 0 Å². The number of aromatic nitrogens is 2. The van der Waals surface area contributed by atoms with E-state index in [0.29, 0.717) is 5.56 Å². The van der Waals surface area contributed by atoms with Gasteiger partial charge in [0.15, 0.2) is 6.04 Å². The predicted octanol–water partition coefficient (Wildman–Crippen LogP) is 3.27. The first kappa shape index (κ1) is 17.2. The van der Waals surface area contributed by atoms with Gasteiger partial charge in [0.05, 0.1) is 0 Å². The standard InChI is InChI=1S/C19H19N3O2S/c1-14(2)22-19(25-13-15-9-5-3-6-10-15)18(24-21-22)20-17(23)16-11-7-4-8-12-16/h3-12,14H,13H2,1-2H3. The minimum Gasteiger partial charge on any atom is -0.858 e. The maximum atomic E-state index is 12.3. The molecule has 0 fully saturated rings. The van der Waals surface area contributed by atoms with Crippen molar-refractivity contribution in [1.82, 2.24) is 5.27 Å². The molecule has 1 aromatic heterocycles. The van der Waals surface area contributed by atoms with Crippen molar-refractivity contribution < 1.29 is 14.3 Å². The van der Waals surface area contributed by atoms with Crippen LogP contribution >= 0.6 is 11.8 Å². The van der Waals surface area contributed by atoms with Gasteiger partial charge in [-0.25, -0.2) is 4.99 Å². The molecule has 0 aliphatic heterocycles. The number of benzene rings is 2. The molecule has 0 amide bonds. The van der Waals surface area contributed by atoms with Crippen molar-refractivity contribution in [1.29, 1.82) is 0 Å². The van der Waals surface area contributed by atoms with Crippen molar-refractivity contribution >= 4 is 23.5 Å². The lowest BCUT2D eigenvalue weighted by Crippen LogP contribution is -2.39. The summed E-state index contributed by atoms with van der Waals surface area (Å²) in [6, 6.07) is 19.2. The molecule has 0 N–H and O–H groups in total. The van der Waals surface area contributed by atoms with Crippen LogP contribution in [-0.2, 0) is 5.75 Å². The van der Waals surface area contributed by atoms with Crippen LogP contribution in [0.5, 0.6) is 0 Å². The Bertz CT molecular complexity index is 846. The molecule has 0 radical (unpaired) electrons. The number of hydrogen-bond acceptors (Lipinski definition) is 5. The third-order valence-electron chi connectivity index (χ3n) is 3.54. The normalized spacial score (nSPS) is 11.9. The Labute approximate surface area is 151 Å². The van der Waals surface area contributed by atoms with Gasteiger partial charge in [-0.1, -0.05) is 60.7 Å². The lowest BCUT2D eigenvalue weighted by Gasteiger charge is -2.08. The minimum absolute atomic E-state index is 0.109. The van der Waals surface area contributed by atoms with Gasteiger partial charge in [-0.3, -0.25) is 4.52 Å². The van der Waals surface area contributed by atoms with E-state index >= 15 is 0 Å². The van der Waals surface area contributed by atoms with E-state index in [1.54, 1.807) is 28.6 Å². The molecule has 0 aliphatic rings. The molecule has 3 aromatic rings. The van der Waals surface area contributed by atoms with E-state index in [4.69, 9.17) is 4.52 Å². The smallest absolute Gasteiger partial charge is 0.335 e. The molecule has 6 heteroatoms. The second-order valence-electron chi connectivity index (χ2n) is 5.78. The summed E-state index contributed by atoms with van der Waals surface area (Å²) in [5, 5.41) is 17.1. The maximum absolute atomic E-state index is 12.3. The summed E-state index contributed by atoms with van der Waals surface area (Å²) in [7, 11) is 0. The Hall–Kier alpha value is -2.60. The van der Waals surface area contributed by atoms with Crippen LogP contribution in [0.15, 0.2) is 75.2 Å². The summed E-state index contributed by atoms with van der Waals surface area (Å²) >= 11 is 1.56. The van der Waals surface area contributed by atoms with Gasteiger partial charge in [0, 0.05) is 19.6 Å². The number of nitrogens with zero attached hydrogens (tertiary/aromatic N) is 3. The van der Waals surface area contributed by atoms with Crippen molar-refractivity contribution in [3.05, 3.63) is 71.8 Å². The second kappa shape index (κ2) is 7.98. The average molecular weight is 353 g/mol. The minimum atomic E-state index is -0.339. The summed E-state index contributed by atoms with van der Waals surface area (Å²) in [6.45, 7) is 4.02. The molecule has 5 nitrogen and oxygen atoms in total. The van der Waals surface area contributed by atoms with Gasteiger partial charge in [-0.15, -0.1) is 0 Å².